The van der Waals surface area contributed by atoms with Gasteiger partial charge in [-0.05, 0) is 77.9 Å². The molecule has 58 heavy (non-hydrogen) atoms. The van der Waals surface area contributed by atoms with E-state index in [1.165, 1.54) is 21.9 Å². The molecule has 12 aromatic rings. The van der Waals surface area contributed by atoms with Crippen LogP contribution in [-0.2, 0) is 0 Å². The van der Waals surface area contributed by atoms with Gasteiger partial charge < -0.3 is 18.3 Å². The Kier molecular flexibility index (Phi) is 7.20. The van der Waals surface area contributed by atoms with Crippen molar-refractivity contribution in [3.8, 4) is 27.9 Å². The van der Waals surface area contributed by atoms with Crippen LogP contribution in [0.1, 0.15) is 0 Å². The summed E-state index contributed by atoms with van der Waals surface area (Å²) in [6.07, 6.45) is 0. The second-order valence-electron chi connectivity index (χ2n) is 14.8. The Morgan fingerprint density at radius 1 is 0.362 bits per heavy atom. The van der Waals surface area contributed by atoms with E-state index < -0.39 is 0 Å². The highest BCUT2D eigenvalue weighted by Gasteiger charge is 2.26. The molecule has 0 aliphatic heterocycles. The quantitative estimate of drug-likeness (QED) is 0.170. The van der Waals surface area contributed by atoms with Crippen molar-refractivity contribution in [1.82, 2.24) is 4.57 Å². The zero-order valence-electron chi connectivity index (χ0n) is 31.3. The molecule has 9 aromatic carbocycles. The van der Waals surface area contributed by atoms with E-state index in [0.717, 1.165) is 88.8 Å². The van der Waals surface area contributed by atoms with E-state index in [1.807, 2.05) is 12.1 Å². The van der Waals surface area contributed by atoms with Crippen molar-refractivity contribution in [1.29, 1.82) is 0 Å². The number of nitrogens with zero attached hydrogens (tertiary/aromatic N) is 2. The fourth-order valence-electron chi connectivity index (χ4n) is 9.07. The number of anilines is 3. The maximum atomic E-state index is 7.03. The first-order chi connectivity index (χ1) is 28.8. The highest BCUT2D eigenvalue weighted by Crippen LogP contribution is 2.50. The van der Waals surface area contributed by atoms with Crippen molar-refractivity contribution in [2.24, 2.45) is 0 Å². The van der Waals surface area contributed by atoms with Crippen molar-refractivity contribution >= 4 is 82.7 Å². The number of hydrogen-bond acceptors (Lipinski definition) is 3. The molecule has 4 heteroatoms. The zero-order chi connectivity index (χ0) is 38.2. The van der Waals surface area contributed by atoms with Gasteiger partial charge in [-0.1, -0.05) is 140 Å². The average molecular weight is 743 g/mol. The first-order valence-corrected chi connectivity index (χ1v) is 19.7. The largest absolute Gasteiger partial charge is 0.456 e. The molecule has 3 heterocycles. The van der Waals surface area contributed by atoms with Crippen molar-refractivity contribution in [2.45, 2.75) is 0 Å². The van der Waals surface area contributed by atoms with Crippen LogP contribution >= 0.6 is 0 Å². The first-order valence-electron chi connectivity index (χ1n) is 19.7. The van der Waals surface area contributed by atoms with E-state index in [4.69, 9.17) is 8.83 Å². The summed E-state index contributed by atoms with van der Waals surface area (Å²) in [6.45, 7) is 0. The maximum Gasteiger partial charge on any atom is 0.145 e. The lowest BCUT2D eigenvalue weighted by Gasteiger charge is -2.27. The molecule has 12 rings (SSSR count). The minimum absolute atomic E-state index is 0.839. The molecular weight excluding hydrogens is 709 g/mol. The van der Waals surface area contributed by atoms with E-state index >= 15 is 0 Å². The number of para-hydroxylation sites is 5. The summed E-state index contributed by atoms with van der Waals surface area (Å²) in [5, 5.41) is 6.65. The number of fused-ring (bicyclic) bond motifs is 9. The number of hydrogen-bond donors (Lipinski definition) is 0. The van der Waals surface area contributed by atoms with Crippen LogP contribution in [0, 0.1) is 0 Å². The molecule has 272 valence electrons. The van der Waals surface area contributed by atoms with Crippen LogP contribution < -0.4 is 4.90 Å². The molecular formula is C54H34N2O2. The minimum atomic E-state index is 0.839. The monoisotopic (exact) mass is 742 g/mol. The second-order valence-corrected chi connectivity index (χ2v) is 14.8. The molecule has 4 nitrogen and oxygen atoms in total. The zero-order valence-corrected chi connectivity index (χ0v) is 31.3. The van der Waals surface area contributed by atoms with Crippen molar-refractivity contribution in [3.63, 3.8) is 0 Å². The minimum Gasteiger partial charge on any atom is -0.456 e. The topological polar surface area (TPSA) is 34.5 Å². The summed E-state index contributed by atoms with van der Waals surface area (Å²) < 4.78 is 15.9. The van der Waals surface area contributed by atoms with Gasteiger partial charge in [-0.15, -0.1) is 0 Å². The van der Waals surface area contributed by atoms with Gasteiger partial charge in [-0.25, -0.2) is 0 Å². The van der Waals surface area contributed by atoms with Crippen LogP contribution in [-0.4, -0.2) is 4.57 Å². The maximum absolute atomic E-state index is 7.03. The lowest BCUT2D eigenvalue weighted by Crippen LogP contribution is -2.11. The van der Waals surface area contributed by atoms with Gasteiger partial charge >= 0.3 is 0 Å². The molecule has 0 saturated heterocycles. The Labute approximate surface area is 334 Å². The average Bonchev–Trinajstić information content (AvgIpc) is 3.98. The highest BCUT2D eigenvalue weighted by molar-refractivity contribution is 6.22. The Morgan fingerprint density at radius 3 is 1.74 bits per heavy atom. The molecule has 0 radical (unpaired) electrons. The van der Waals surface area contributed by atoms with Crippen LogP contribution in [0.2, 0.25) is 0 Å². The number of furan rings is 2. The Balaban J connectivity index is 1.17. The van der Waals surface area contributed by atoms with E-state index in [2.05, 4.69) is 204 Å². The summed E-state index contributed by atoms with van der Waals surface area (Å²) in [5.74, 6) is 0. The fraction of sp³-hybridized carbons (Fsp3) is 0. The third-order valence-electron chi connectivity index (χ3n) is 11.6. The molecule has 0 unspecified atom stereocenters. The van der Waals surface area contributed by atoms with Crippen LogP contribution in [0.4, 0.5) is 17.1 Å². The Bertz CT molecular complexity index is 3500. The standard InChI is InChI=1S/C54H34N2O2/c1-3-15-35(16-4-1)36-29-31-38(32-30-36)55(46-25-14-28-50-51(46)43-20-8-11-26-48(43)57-50)47-34-33-42(54-52(47)44-21-9-12-27-49(44)58-54)41-23-13-22-40-39-19-7-10-24-45(39)56(53(40)41)37-17-5-2-6-18-37/h1-34H. The highest BCUT2D eigenvalue weighted by atomic mass is 16.3. The van der Waals surface area contributed by atoms with E-state index in [-0.39, 0.29) is 0 Å². The summed E-state index contributed by atoms with van der Waals surface area (Å²) in [6, 6.07) is 73.0. The normalized spacial score (nSPS) is 11.8. The second kappa shape index (κ2) is 12.9. The SMILES string of the molecule is c1ccc(-c2ccc(N(c3cccc4oc5ccccc5c34)c3ccc(-c4cccc5c6ccccc6n(-c6ccccc6)c45)c4oc5ccccc5c34)cc2)cc1. The van der Waals surface area contributed by atoms with Crippen molar-refractivity contribution in [2.75, 3.05) is 4.90 Å². The summed E-state index contributed by atoms with van der Waals surface area (Å²) in [4.78, 5) is 2.38. The molecule has 0 bridgehead atoms. The Morgan fingerprint density at radius 2 is 0.948 bits per heavy atom. The fourth-order valence-corrected chi connectivity index (χ4v) is 9.07. The van der Waals surface area contributed by atoms with Crippen LogP contribution in [0.25, 0.3) is 93.6 Å². The molecule has 0 spiro atoms. The molecule has 0 atom stereocenters. The smallest absolute Gasteiger partial charge is 0.145 e. The molecule has 3 aromatic heterocycles. The van der Waals surface area contributed by atoms with Gasteiger partial charge in [-0.3, -0.25) is 0 Å². The molecule has 0 aliphatic rings. The third kappa shape index (κ3) is 4.88. The third-order valence-corrected chi connectivity index (χ3v) is 11.6. The predicted octanol–water partition coefficient (Wildman–Crippen LogP) is 15.4. The molecule has 0 saturated carbocycles. The first kappa shape index (κ1) is 32.4. The van der Waals surface area contributed by atoms with Crippen LogP contribution in [0.5, 0.6) is 0 Å². The van der Waals surface area contributed by atoms with Gasteiger partial charge in [0.15, 0.2) is 0 Å². The van der Waals surface area contributed by atoms with Crippen molar-refractivity contribution < 1.29 is 8.83 Å². The van der Waals surface area contributed by atoms with E-state index in [0.29, 0.717) is 0 Å². The lowest BCUT2D eigenvalue weighted by atomic mass is 9.97. The van der Waals surface area contributed by atoms with E-state index in [1.54, 1.807) is 0 Å². The van der Waals surface area contributed by atoms with Gasteiger partial charge in [-0.2, -0.15) is 0 Å². The molecule has 0 fully saturated rings. The van der Waals surface area contributed by atoms with Crippen LogP contribution in [0.15, 0.2) is 215 Å². The molecule has 0 N–H and O–H groups in total. The van der Waals surface area contributed by atoms with E-state index in [9.17, 15) is 0 Å². The summed E-state index contributed by atoms with van der Waals surface area (Å²) in [7, 11) is 0. The van der Waals surface area contributed by atoms with Gasteiger partial charge in [0.2, 0.25) is 0 Å². The van der Waals surface area contributed by atoms with Crippen LogP contribution in [0.3, 0.4) is 0 Å². The number of aromatic nitrogens is 1. The summed E-state index contributed by atoms with van der Waals surface area (Å²) >= 11 is 0. The summed E-state index contributed by atoms with van der Waals surface area (Å²) in [5.41, 5.74) is 14.4. The van der Waals surface area contributed by atoms with Gasteiger partial charge in [0.05, 0.1) is 33.2 Å². The molecule has 0 aliphatic carbocycles. The van der Waals surface area contributed by atoms with Gasteiger partial charge in [0.25, 0.3) is 0 Å². The predicted molar refractivity (Wildman–Crippen MR) is 241 cm³/mol. The molecule has 0 amide bonds. The number of rotatable bonds is 6. The lowest BCUT2D eigenvalue weighted by molar-refractivity contribution is 0.669. The Hall–Kier alpha value is -7.82. The van der Waals surface area contributed by atoms with Gasteiger partial charge in [0, 0.05) is 44.0 Å². The van der Waals surface area contributed by atoms with Crippen molar-refractivity contribution in [3.05, 3.63) is 206 Å². The van der Waals surface area contributed by atoms with Gasteiger partial charge in [0.1, 0.15) is 22.3 Å². The number of benzene rings is 9.